The minimum Gasteiger partial charge on any atom is -0.872 e. The van der Waals surface area contributed by atoms with E-state index in [1.165, 1.54) is 12.1 Å². The van der Waals surface area contributed by atoms with Crippen molar-refractivity contribution < 1.29 is 83.0 Å². The van der Waals surface area contributed by atoms with Gasteiger partial charge in [-0.15, -0.1) is 0 Å². The molecule has 2 N–H and O–H groups in total. The van der Waals surface area contributed by atoms with Gasteiger partial charge in [0.2, 0.25) is 9.84 Å². The fourth-order valence-electron chi connectivity index (χ4n) is 1.67. The first kappa shape index (κ1) is 19.6. The van der Waals surface area contributed by atoms with Crippen LogP contribution in [0.4, 0.5) is 0 Å². The molecule has 0 aliphatic carbocycles. The van der Waals surface area contributed by atoms with Crippen LogP contribution in [0.5, 0.6) is 11.5 Å². The summed E-state index contributed by atoms with van der Waals surface area (Å²) in [6.45, 7) is 0. The maximum Gasteiger partial charge on any atom is 1.00 e. The number of benzene rings is 2. The Morgan fingerprint density at radius 1 is 0.909 bits per heavy atom. The second-order valence-corrected chi connectivity index (χ2v) is 7.36. The summed E-state index contributed by atoms with van der Waals surface area (Å²) in [6.07, 6.45) is 0. The second-order valence-electron chi connectivity index (χ2n) is 4.05. The van der Waals surface area contributed by atoms with Crippen molar-refractivity contribution in [2.75, 3.05) is 0 Å². The van der Waals surface area contributed by atoms with Crippen LogP contribution in [0.1, 0.15) is 0 Å². The molecular weight excluding hydrogens is 359 g/mol. The zero-order chi connectivity index (χ0) is 15.8. The maximum absolute atomic E-state index is 12.3. The molecule has 2 rings (SSSR count). The van der Waals surface area contributed by atoms with Crippen LogP contribution < -0.4 is 56.5 Å². The van der Waals surface area contributed by atoms with Crippen LogP contribution in [0.2, 0.25) is 0 Å². The van der Waals surface area contributed by atoms with Gasteiger partial charge in [0.1, 0.15) is 10.6 Å². The molecule has 112 valence electrons. The van der Waals surface area contributed by atoms with Gasteiger partial charge in [-0.2, -0.15) is 8.42 Å². The molecule has 0 spiro atoms. The Bertz CT molecular complexity index is 905. The van der Waals surface area contributed by atoms with E-state index in [1.54, 1.807) is 0 Å². The predicted octanol–water partition coefficient (Wildman–Crippen LogP) is -2.45. The maximum atomic E-state index is 12.3. The molecule has 22 heavy (non-hydrogen) atoms. The molecule has 0 saturated heterocycles. The average Bonchev–Trinajstić information content (AvgIpc) is 2.37. The predicted molar refractivity (Wildman–Crippen MR) is 69.3 cm³/mol. The monoisotopic (exact) mass is 368 g/mol. The molecule has 0 atom stereocenters. The van der Waals surface area contributed by atoms with Crippen LogP contribution >= 0.6 is 0 Å². The van der Waals surface area contributed by atoms with E-state index in [0.717, 1.165) is 24.3 Å². The van der Waals surface area contributed by atoms with Gasteiger partial charge in [-0.3, -0.25) is 4.55 Å². The summed E-state index contributed by atoms with van der Waals surface area (Å²) >= 11 is 0. The summed E-state index contributed by atoms with van der Waals surface area (Å²) < 4.78 is 55.7. The number of rotatable bonds is 3. The van der Waals surface area contributed by atoms with Crippen molar-refractivity contribution in [3.63, 3.8) is 0 Å². The fourth-order valence-corrected chi connectivity index (χ4v) is 3.71. The molecule has 0 aliphatic rings. The Hall–Kier alpha value is -0.464. The average molecular weight is 368 g/mol. The quantitative estimate of drug-likeness (QED) is 0.454. The summed E-state index contributed by atoms with van der Waals surface area (Å²) in [5.74, 6) is -1.55. The first-order valence-corrected chi connectivity index (χ1v) is 8.38. The van der Waals surface area contributed by atoms with E-state index in [0.29, 0.717) is 6.07 Å². The summed E-state index contributed by atoms with van der Waals surface area (Å²) in [4.78, 5) is -2.01. The molecule has 0 fully saturated rings. The van der Waals surface area contributed by atoms with Crippen LogP contribution in [0.25, 0.3) is 0 Å². The Labute approximate surface area is 169 Å². The first-order chi connectivity index (χ1) is 9.64. The van der Waals surface area contributed by atoms with Crippen molar-refractivity contribution >= 4 is 20.0 Å². The van der Waals surface area contributed by atoms with Crippen molar-refractivity contribution in [3.8, 4) is 11.5 Å². The molecule has 7 nitrogen and oxygen atoms in total. The van der Waals surface area contributed by atoms with Gasteiger partial charge in [-0.05, 0) is 24.3 Å². The second kappa shape index (κ2) is 6.97. The summed E-state index contributed by atoms with van der Waals surface area (Å²) in [5, 5.41) is 21.0. The van der Waals surface area contributed by atoms with Gasteiger partial charge < -0.3 is 10.2 Å². The number of phenols is 1. The van der Waals surface area contributed by atoms with Crippen LogP contribution in [0, 0.1) is 0 Å². The number of sulfone groups is 1. The topological polar surface area (TPSA) is 132 Å². The van der Waals surface area contributed by atoms with Gasteiger partial charge in [0.15, 0.2) is 0 Å². The fraction of sp³-hybridized carbons (Fsp3) is 0. The molecule has 0 unspecified atom stereocenters. The summed E-state index contributed by atoms with van der Waals surface area (Å²) in [6, 6.07) is 7.18. The summed E-state index contributed by atoms with van der Waals surface area (Å²) in [5.41, 5.74) is 0. The van der Waals surface area contributed by atoms with E-state index in [9.17, 15) is 27.0 Å². The van der Waals surface area contributed by atoms with Crippen molar-refractivity contribution in [3.05, 3.63) is 42.5 Å². The zero-order valence-electron chi connectivity index (χ0n) is 11.3. The van der Waals surface area contributed by atoms with Crippen LogP contribution in [0.15, 0.2) is 57.2 Å². The normalized spacial score (nSPS) is 11.7. The number of para-hydroxylation sites is 1. The van der Waals surface area contributed by atoms with Crippen molar-refractivity contribution in [1.29, 1.82) is 0 Å². The Balaban J connectivity index is 0.00000242. The molecule has 0 radical (unpaired) electrons. The van der Waals surface area contributed by atoms with Gasteiger partial charge in [0.25, 0.3) is 10.1 Å². The largest absolute Gasteiger partial charge is 1.00 e. The van der Waals surface area contributed by atoms with Crippen molar-refractivity contribution in [1.82, 2.24) is 0 Å². The van der Waals surface area contributed by atoms with Crippen molar-refractivity contribution in [2.45, 2.75) is 14.7 Å². The Morgan fingerprint density at radius 3 is 2.05 bits per heavy atom. The van der Waals surface area contributed by atoms with Gasteiger partial charge in [-0.25, -0.2) is 8.42 Å². The van der Waals surface area contributed by atoms with E-state index in [-0.39, 0.29) is 51.4 Å². The Kier molecular flexibility index (Phi) is 6.20. The smallest absolute Gasteiger partial charge is 0.872 e. The standard InChI is InChI=1S/C12H10O7S2.K/c13-9-3-1-2-4-11(9)20(15,16)8-5-6-10(14)12(7-8)21(17,18)19;/h1-7,13-14H,(H,17,18,19);/q;+1/p-1. The number of phenolic OH excluding ortho intramolecular Hbond substituents is 1. The van der Waals surface area contributed by atoms with Gasteiger partial charge in [0, 0.05) is 0 Å². The molecule has 0 amide bonds. The van der Waals surface area contributed by atoms with Crippen molar-refractivity contribution in [2.24, 2.45) is 0 Å². The molecule has 0 heterocycles. The van der Waals surface area contributed by atoms with Crippen LogP contribution in [0.3, 0.4) is 0 Å². The van der Waals surface area contributed by atoms with Gasteiger partial charge >= 0.3 is 51.4 Å². The molecule has 0 bridgehead atoms. The molecule has 2 aromatic carbocycles. The Morgan fingerprint density at radius 2 is 1.50 bits per heavy atom. The van der Waals surface area contributed by atoms with E-state index >= 15 is 0 Å². The number of aromatic hydroxyl groups is 1. The van der Waals surface area contributed by atoms with E-state index in [4.69, 9.17) is 4.55 Å². The number of hydrogen-bond donors (Lipinski definition) is 2. The molecule has 0 aromatic heterocycles. The summed E-state index contributed by atoms with van der Waals surface area (Å²) in [7, 11) is -9.07. The van der Waals surface area contributed by atoms with Gasteiger partial charge in [-0.1, -0.05) is 23.9 Å². The first-order valence-electron chi connectivity index (χ1n) is 5.45. The van der Waals surface area contributed by atoms with Crippen LogP contribution in [-0.2, 0) is 20.0 Å². The molecule has 0 aliphatic heterocycles. The van der Waals surface area contributed by atoms with E-state index in [2.05, 4.69) is 0 Å². The molecular formula is C12H9KO7S2. The third kappa shape index (κ3) is 3.89. The minimum atomic E-state index is -4.80. The number of hydrogen-bond acceptors (Lipinski definition) is 6. The van der Waals surface area contributed by atoms with Crippen LogP contribution in [-0.4, -0.2) is 26.5 Å². The van der Waals surface area contributed by atoms with E-state index < -0.39 is 46.1 Å². The molecule has 2 aromatic rings. The van der Waals surface area contributed by atoms with E-state index in [1.807, 2.05) is 0 Å². The van der Waals surface area contributed by atoms with Gasteiger partial charge in [0.05, 0.1) is 9.79 Å². The molecule has 0 saturated carbocycles. The minimum absolute atomic E-state index is 0. The SMILES string of the molecule is O=S(=O)(O)c1cc(S(=O)(=O)c2ccccc2[O-])ccc1O.[K+]. The third-order valence-electron chi connectivity index (χ3n) is 2.66. The third-order valence-corrected chi connectivity index (χ3v) is 5.33. The molecule has 10 heteroatoms. The zero-order valence-corrected chi connectivity index (χ0v) is 16.0.